The predicted octanol–water partition coefficient (Wildman–Crippen LogP) is 2.59. The third-order valence-electron chi connectivity index (χ3n) is 4.68. The van der Waals surface area contributed by atoms with E-state index in [1.165, 1.54) is 29.5 Å². The highest BCUT2D eigenvalue weighted by Gasteiger charge is 2.25. The maximum atomic E-state index is 13.7. The molecule has 1 atom stereocenters. The van der Waals surface area contributed by atoms with Gasteiger partial charge in [0.1, 0.15) is 5.82 Å². The molecule has 0 saturated carbocycles. The zero-order valence-corrected chi connectivity index (χ0v) is 16.9. The summed E-state index contributed by atoms with van der Waals surface area (Å²) in [5.41, 5.74) is 0.484. The SMILES string of the molecule is CCC(=O)NC1CCCN(C(=O)Cc2csc(NC(=O)c3ccccc3F)n2)C1. The highest BCUT2D eigenvalue weighted by Crippen LogP contribution is 2.19. The molecule has 29 heavy (non-hydrogen) atoms. The van der Waals surface area contributed by atoms with E-state index < -0.39 is 11.7 Å². The number of anilines is 1. The molecule has 2 heterocycles. The molecule has 1 aliphatic rings. The first-order valence-electron chi connectivity index (χ1n) is 9.53. The average Bonchev–Trinajstić information content (AvgIpc) is 3.15. The van der Waals surface area contributed by atoms with Gasteiger partial charge >= 0.3 is 0 Å². The summed E-state index contributed by atoms with van der Waals surface area (Å²) in [6, 6.07) is 5.69. The average molecular weight is 418 g/mol. The van der Waals surface area contributed by atoms with Crippen LogP contribution in [0.4, 0.5) is 9.52 Å². The Morgan fingerprint density at radius 1 is 1.31 bits per heavy atom. The first-order chi connectivity index (χ1) is 14.0. The lowest BCUT2D eigenvalue weighted by molar-refractivity contribution is -0.133. The Balaban J connectivity index is 1.55. The molecule has 3 rings (SSSR count). The summed E-state index contributed by atoms with van der Waals surface area (Å²) >= 11 is 1.19. The standard InChI is InChI=1S/C20H23FN4O3S/c1-2-17(26)22-13-6-5-9-25(11-13)18(27)10-14-12-29-20(23-14)24-19(28)15-7-3-4-8-16(15)21/h3-4,7-8,12-13H,2,5-6,9-11H2,1H3,(H,22,26)(H,23,24,28). The van der Waals surface area contributed by atoms with Gasteiger partial charge in [0.05, 0.1) is 17.7 Å². The fraction of sp³-hybridized carbons (Fsp3) is 0.400. The van der Waals surface area contributed by atoms with Crippen molar-refractivity contribution in [1.29, 1.82) is 0 Å². The van der Waals surface area contributed by atoms with Gasteiger partial charge in [-0.1, -0.05) is 19.1 Å². The van der Waals surface area contributed by atoms with E-state index in [9.17, 15) is 18.8 Å². The minimum Gasteiger partial charge on any atom is -0.352 e. The van der Waals surface area contributed by atoms with E-state index in [0.717, 1.165) is 12.8 Å². The van der Waals surface area contributed by atoms with Gasteiger partial charge in [0, 0.05) is 30.9 Å². The van der Waals surface area contributed by atoms with Crippen molar-refractivity contribution in [2.24, 2.45) is 0 Å². The Bertz CT molecular complexity index is 901. The molecule has 1 saturated heterocycles. The third kappa shape index (κ3) is 5.60. The second-order valence-electron chi connectivity index (χ2n) is 6.85. The lowest BCUT2D eigenvalue weighted by Crippen LogP contribution is -2.49. The lowest BCUT2D eigenvalue weighted by atomic mass is 10.0. The van der Waals surface area contributed by atoms with Gasteiger partial charge in [-0.2, -0.15) is 0 Å². The molecule has 154 valence electrons. The summed E-state index contributed by atoms with van der Waals surface area (Å²) in [5.74, 6) is -1.27. The number of rotatable bonds is 6. The Kier molecular flexibility index (Phi) is 6.92. The zero-order chi connectivity index (χ0) is 20.8. The number of hydrogen-bond donors (Lipinski definition) is 2. The Morgan fingerprint density at radius 3 is 2.86 bits per heavy atom. The summed E-state index contributed by atoms with van der Waals surface area (Å²) in [6.07, 6.45) is 2.23. The van der Waals surface area contributed by atoms with Crippen molar-refractivity contribution in [3.05, 3.63) is 46.7 Å². The molecule has 2 aromatic rings. The molecule has 0 aliphatic carbocycles. The number of aromatic nitrogens is 1. The van der Waals surface area contributed by atoms with Crippen LogP contribution in [-0.4, -0.2) is 46.7 Å². The highest BCUT2D eigenvalue weighted by molar-refractivity contribution is 7.14. The van der Waals surface area contributed by atoms with Crippen LogP contribution in [-0.2, 0) is 16.0 Å². The van der Waals surface area contributed by atoms with E-state index in [0.29, 0.717) is 30.3 Å². The van der Waals surface area contributed by atoms with Crippen LogP contribution in [0.15, 0.2) is 29.6 Å². The molecule has 7 nitrogen and oxygen atoms in total. The molecule has 0 spiro atoms. The van der Waals surface area contributed by atoms with E-state index in [-0.39, 0.29) is 29.8 Å². The van der Waals surface area contributed by atoms with Crippen LogP contribution in [0.2, 0.25) is 0 Å². The molecular formula is C20H23FN4O3S. The molecular weight excluding hydrogens is 395 g/mol. The van der Waals surface area contributed by atoms with Crippen molar-refractivity contribution in [3.63, 3.8) is 0 Å². The Morgan fingerprint density at radius 2 is 2.10 bits per heavy atom. The van der Waals surface area contributed by atoms with Gasteiger partial charge < -0.3 is 10.2 Å². The number of carbonyl (C=O) groups is 3. The number of likely N-dealkylation sites (tertiary alicyclic amines) is 1. The van der Waals surface area contributed by atoms with Gasteiger partial charge in [0.15, 0.2) is 5.13 Å². The molecule has 2 N–H and O–H groups in total. The van der Waals surface area contributed by atoms with Crippen molar-refractivity contribution >= 4 is 34.2 Å². The van der Waals surface area contributed by atoms with Crippen LogP contribution in [0.5, 0.6) is 0 Å². The summed E-state index contributed by atoms with van der Waals surface area (Å²) in [4.78, 5) is 42.4. The number of nitrogens with one attached hydrogen (secondary N) is 2. The summed E-state index contributed by atoms with van der Waals surface area (Å²) < 4.78 is 13.7. The second kappa shape index (κ2) is 9.60. The minimum absolute atomic E-state index is 0.0148. The van der Waals surface area contributed by atoms with Crippen LogP contribution in [0.3, 0.4) is 0 Å². The number of carbonyl (C=O) groups excluding carboxylic acids is 3. The predicted molar refractivity (Wildman–Crippen MR) is 108 cm³/mol. The van der Waals surface area contributed by atoms with Crippen LogP contribution >= 0.6 is 11.3 Å². The molecule has 0 radical (unpaired) electrons. The fourth-order valence-electron chi connectivity index (χ4n) is 3.17. The van der Waals surface area contributed by atoms with Crippen molar-refractivity contribution < 1.29 is 18.8 Å². The summed E-state index contributed by atoms with van der Waals surface area (Å²) in [5, 5.41) is 7.52. The molecule has 1 aromatic heterocycles. The third-order valence-corrected chi connectivity index (χ3v) is 5.49. The maximum Gasteiger partial charge on any atom is 0.260 e. The van der Waals surface area contributed by atoms with Gasteiger partial charge in [-0.15, -0.1) is 11.3 Å². The first kappa shape index (κ1) is 20.9. The van der Waals surface area contributed by atoms with E-state index >= 15 is 0 Å². The van der Waals surface area contributed by atoms with E-state index in [1.807, 2.05) is 0 Å². The second-order valence-corrected chi connectivity index (χ2v) is 7.71. The van der Waals surface area contributed by atoms with Gasteiger partial charge in [0.2, 0.25) is 11.8 Å². The van der Waals surface area contributed by atoms with Gasteiger partial charge in [0.25, 0.3) is 5.91 Å². The van der Waals surface area contributed by atoms with E-state index in [2.05, 4.69) is 15.6 Å². The van der Waals surface area contributed by atoms with Crippen molar-refractivity contribution in [1.82, 2.24) is 15.2 Å². The molecule has 9 heteroatoms. The van der Waals surface area contributed by atoms with Crippen LogP contribution in [0.25, 0.3) is 0 Å². The number of thiazole rings is 1. The van der Waals surface area contributed by atoms with E-state index in [1.54, 1.807) is 23.3 Å². The Labute approximate surface area is 172 Å². The molecule has 3 amide bonds. The molecule has 1 unspecified atom stereocenters. The largest absolute Gasteiger partial charge is 0.352 e. The van der Waals surface area contributed by atoms with Crippen molar-refractivity contribution in [3.8, 4) is 0 Å². The van der Waals surface area contributed by atoms with Gasteiger partial charge in [-0.25, -0.2) is 9.37 Å². The van der Waals surface area contributed by atoms with E-state index in [4.69, 9.17) is 0 Å². The minimum atomic E-state index is -0.605. The van der Waals surface area contributed by atoms with Gasteiger partial charge in [-0.05, 0) is 25.0 Å². The number of hydrogen-bond acceptors (Lipinski definition) is 5. The van der Waals surface area contributed by atoms with Crippen LogP contribution in [0.1, 0.15) is 42.2 Å². The lowest BCUT2D eigenvalue weighted by Gasteiger charge is -2.33. The van der Waals surface area contributed by atoms with Crippen molar-refractivity contribution in [2.45, 2.75) is 38.6 Å². The number of piperidine rings is 1. The maximum absolute atomic E-state index is 13.7. The number of amides is 3. The molecule has 1 fully saturated rings. The van der Waals surface area contributed by atoms with Gasteiger partial charge in [-0.3, -0.25) is 19.7 Å². The molecule has 1 aliphatic heterocycles. The smallest absolute Gasteiger partial charge is 0.260 e. The quantitative estimate of drug-likeness (QED) is 0.754. The topological polar surface area (TPSA) is 91.4 Å². The van der Waals surface area contributed by atoms with Crippen molar-refractivity contribution in [2.75, 3.05) is 18.4 Å². The number of halogens is 1. The monoisotopic (exact) mass is 418 g/mol. The normalized spacial score (nSPS) is 16.3. The van der Waals surface area contributed by atoms with Crippen LogP contribution in [0, 0.1) is 5.82 Å². The zero-order valence-electron chi connectivity index (χ0n) is 16.1. The first-order valence-corrected chi connectivity index (χ1v) is 10.4. The van der Waals surface area contributed by atoms with Crippen LogP contribution < -0.4 is 10.6 Å². The number of nitrogens with zero attached hydrogens (tertiary/aromatic N) is 2. The fourth-order valence-corrected chi connectivity index (χ4v) is 3.88. The molecule has 0 bridgehead atoms. The summed E-state index contributed by atoms with van der Waals surface area (Å²) in [6.45, 7) is 2.94. The highest BCUT2D eigenvalue weighted by atomic mass is 32.1. The molecule has 1 aromatic carbocycles. The Hall–Kier alpha value is -2.81. The number of benzene rings is 1. The summed E-state index contributed by atoms with van der Waals surface area (Å²) in [7, 11) is 0.